The number of Topliss-reactive ketones (excluding diaryl/α,β-unsaturated/α-hetero) is 1. The van der Waals surface area contributed by atoms with Crippen molar-refractivity contribution in [2.45, 2.75) is 91.4 Å². The Morgan fingerprint density at radius 3 is 1.38 bits per heavy atom. The van der Waals surface area contributed by atoms with Crippen molar-refractivity contribution in [1.82, 2.24) is 30.8 Å². The number of amides is 5. The summed E-state index contributed by atoms with van der Waals surface area (Å²) in [6.45, 7) is 6.39. The molecule has 4 N–H and O–H groups in total. The van der Waals surface area contributed by atoms with E-state index < -0.39 is 0 Å². The van der Waals surface area contributed by atoms with Gasteiger partial charge in [0, 0.05) is 44.3 Å². The molecular weight excluding hydrogens is 537 g/mol. The van der Waals surface area contributed by atoms with Crippen LogP contribution in [0.15, 0.2) is 0 Å². The fourth-order valence-electron chi connectivity index (χ4n) is 3.78. The van der Waals surface area contributed by atoms with E-state index in [9.17, 15) is 28.8 Å². The number of hydrogen-bond donors (Lipinski definition) is 4. The van der Waals surface area contributed by atoms with Crippen molar-refractivity contribution in [2.24, 2.45) is 5.41 Å². The molecule has 0 bridgehead atoms. The highest BCUT2D eigenvalue weighted by molar-refractivity contribution is 6.34. The predicted molar refractivity (Wildman–Crippen MR) is 163 cm³/mol. The second-order valence-electron chi connectivity index (χ2n) is 11.3. The van der Waals surface area contributed by atoms with Crippen molar-refractivity contribution < 1.29 is 28.8 Å². The van der Waals surface area contributed by atoms with Crippen LogP contribution in [0.5, 0.6) is 0 Å². The number of ketones is 1. The van der Waals surface area contributed by atoms with Gasteiger partial charge in [0.2, 0.25) is 47.6 Å². The van der Waals surface area contributed by atoms with E-state index in [2.05, 4.69) is 16.0 Å². The molecule has 6 radical (unpaired) electrons. The molecule has 0 saturated heterocycles. The Bertz CT molecular complexity index is 870. The van der Waals surface area contributed by atoms with E-state index in [1.807, 2.05) is 26.0 Å². The molecule has 0 aromatic heterocycles. The number of rotatable bonds is 23. The molecule has 12 nitrogen and oxygen atoms in total. The standard InChI is InChI=1S/C27H47B3N6O6/c1-27(2,3)21(37)12-6-4-9-15-31-23(39)18-35(20-25(41)33-17-11-8-13-22(38)34-28)19-24(40)32-16-10-5-7-14-26(42)36(29)30/h4-20H2,1-3H3,(H,31,39)(H,32,40)(H,33,41)(H,34,38). The largest absolute Gasteiger partial charge is 0.449 e. The molecule has 0 heterocycles. The van der Waals surface area contributed by atoms with Crippen molar-refractivity contribution in [1.29, 1.82) is 0 Å². The van der Waals surface area contributed by atoms with Gasteiger partial charge in [0.15, 0.2) is 5.91 Å². The third-order valence-corrected chi connectivity index (χ3v) is 6.33. The summed E-state index contributed by atoms with van der Waals surface area (Å²) in [6, 6.07) is 0. The lowest BCUT2D eigenvalue weighted by Crippen LogP contribution is -2.47. The molecular formula is C27H47B3N6O6. The van der Waals surface area contributed by atoms with Crippen LogP contribution in [-0.4, -0.2) is 108 Å². The Kier molecular flexibility index (Phi) is 21.2. The number of carbonyl (C=O) groups is 6. The fraction of sp³-hybridized carbons (Fsp3) is 0.778. The molecule has 0 aromatic rings. The first-order chi connectivity index (χ1) is 19.8. The van der Waals surface area contributed by atoms with Gasteiger partial charge in [0.25, 0.3) is 0 Å². The number of nitrogens with one attached hydrogen (secondary N) is 4. The lowest BCUT2D eigenvalue weighted by molar-refractivity contribution is -0.128. The maximum atomic E-state index is 12.5. The number of unbranched alkanes of at least 4 members (excludes halogenated alkanes) is 5. The van der Waals surface area contributed by atoms with Crippen molar-refractivity contribution in [2.75, 3.05) is 39.3 Å². The van der Waals surface area contributed by atoms with Gasteiger partial charge in [-0.05, 0) is 38.5 Å². The van der Waals surface area contributed by atoms with Gasteiger partial charge in [0.1, 0.15) is 5.78 Å². The molecule has 0 fully saturated rings. The van der Waals surface area contributed by atoms with Crippen molar-refractivity contribution in [3.8, 4) is 0 Å². The number of carbonyl (C=O) groups excluding carboxylic acids is 6. The van der Waals surface area contributed by atoms with Crippen LogP contribution in [0.25, 0.3) is 0 Å². The van der Waals surface area contributed by atoms with Crippen LogP contribution in [0.4, 0.5) is 0 Å². The number of nitrogens with zero attached hydrogens (tertiary/aromatic N) is 2. The lowest BCUT2D eigenvalue weighted by atomic mass is 9.88. The van der Waals surface area contributed by atoms with Crippen LogP contribution in [-0.2, 0) is 28.8 Å². The molecule has 0 rings (SSSR count). The Morgan fingerprint density at radius 2 is 0.976 bits per heavy atom. The Labute approximate surface area is 254 Å². The second kappa shape index (κ2) is 22.7. The first-order valence-electron chi connectivity index (χ1n) is 14.6. The van der Waals surface area contributed by atoms with Crippen LogP contribution < -0.4 is 21.2 Å². The molecule has 0 aliphatic heterocycles. The smallest absolute Gasteiger partial charge is 0.234 e. The summed E-state index contributed by atoms with van der Waals surface area (Å²) < 4.78 is 0.555. The minimum atomic E-state index is -0.372. The topological polar surface area (TPSA) is 157 Å². The zero-order valence-corrected chi connectivity index (χ0v) is 25.6. The molecule has 0 spiro atoms. The average Bonchev–Trinajstić information content (AvgIpc) is 2.90. The zero-order chi connectivity index (χ0) is 32.0. The first-order valence-corrected chi connectivity index (χ1v) is 14.6. The summed E-state index contributed by atoms with van der Waals surface area (Å²) in [4.78, 5) is 73.6. The van der Waals surface area contributed by atoms with E-state index >= 15 is 0 Å². The van der Waals surface area contributed by atoms with E-state index in [0.29, 0.717) is 69.3 Å². The highest BCUT2D eigenvalue weighted by Gasteiger charge is 2.20. The molecule has 0 aliphatic carbocycles. The SMILES string of the molecule is [B]NC(=O)CCCCNC(=O)CN(CC(=O)NCCCCCC(=O)N([B])[B])CC(=O)NCCCCCC(=O)C(C)(C)C. The third kappa shape index (κ3) is 21.9. The fourth-order valence-corrected chi connectivity index (χ4v) is 3.78. The summed E-state index contributed by atoms with van der Waals surface area (Å²) >= 11 is 0. The minimum Gasteiger partial charge on any atom is -0.449 e. The minimum absolute atomic E-state index is 0.142. The van der Waals surface area contributed by atoms with Gasteiger partial charge in [-0.15, -0.1) is 0 Å². The van der Waals surface area contributed by atoms with Crippen LogP contribution in [0.2, 0.25) is 0 Å². The molecule has 42 heavy (non-hydrogen) atoms. The Balaban J connectivity index is 4.61. The molecule has 5 amide bonds. The van der Waals surface area contributed by atoms with Crippen LogP contribution in [0, 0.1) is 5.41 Å². The second-order valence-corrected chi connectivity index (χ2v) is 11.3. The van der Waals surface area contributed by atoms with Gasteiger partial charge < -0.3 is 25.9 Å². The van der Waals surface area contributed by atoms with Gasteiger partial charge in [-0.2, -0.15) is 0 Å². The molecule has 230 valence electrons. The predicted octanol–water partition coefficient (Wildman–Crippen LogP) is -0.261. The lowest BCUT2D eigenvalue weighted by Gasteiger charge is -2.21. The van der Waals surface area contributed by atoms with Gasteiger partial charge in [0.05, 0.1) is 19.6 Å². The molecule has 0 unspecified atom stereocenters. The van der Waals surface area contributed by atoms with E-state index in [0.717, 1.165) is 12.8 Å². The quantitative estimate of drug-likeness (QED) is 0.0953. The summed E-state index contributed by atoms with van der Waals surface area (Å²) in [5.74, 6) is -1.44. The highest BCUT2D eigenvalue weighted by atomic mass is 16.2. The monoisotopic (exact) mass is 584 g/mol. The molecule has 0 aliphatic rings. The first kappa shape index (κ1) is 39.2. The van der Waals surface area contributed by atoms with Crippen molar-refractivity contribution in [3.63, 3.8) is 0 Å². The van der Waals surface area contributed by atoms with E-state index in [1.165, 1.54) is 4.90 Å². The van der Waals surface area contributed by atoms with Crippen LogP contribution in [0.3, 0.4) is 0 Å². The van der Waals surface area contributed by atoms with Gasteiger partial charge in [-0.3, -0.25) is 33.7 Å². The van der Waals surface area contributed by atoms with Crippen LogP contribution in [0.1, 0.15) is 91.4 Å². The van der Waals surface area contributed by atoms with Crippen molar-refractivity contribution in [3.05, 3.63) is 0 Å². The highest BCUT2D eigenvalue weighted by Crippen LogP contribution is 2.18. The Morgan fingerprint density at radius 1 is 0.571 bits per heavy atom. The van der Waals surface area contributed by atoms with E-state index in [-0.39, 0.29) is 73.2 Å². The summed E-state index contributed by atoms with van der Waals surface area (Å²) in [6.07, 6.45) is 6.27. The molecule has 15 heteroatoms. The average molecular weight is 584 g/mol. The molecule has 0 atom stereocenters. The Hall–Kier alpha value is -2.83. The summed E-state index contributed by atoms with van der Waals surface area (Å²) in [5, 5.41) is 10.4. The van der Waals surface area contributed by atoms with Gasteiger partial charge in [-0.1, -0.05) is 33.6 Å². The zero-order valence-electron chi connectivity index (χ0n) is 25.6. The normalized spacial score (nSPS) is 11.0. The summed E-state index contributed by atoms with van der Waals surface area (Å²) in [5.41, 5.74) is -0.352. The van der Waals surface area contributed by atoms with Crippen molar-refractivity contribution >= 4 is 59.3 Å². The van der Waals surface area contributed by atoms with Gasteiger partial charge >= 0.3 is 0 Å². The molecule has 0 aromatic carbocycles. The molecule has 0 saturated carbocycles. The maximum absolute atomic E-state index is 12.5. The third-order valence-electron chi connectivity index (χ3n) is 6.33. The number of hydrogen-bond acceptors (Lipinski definition) is 7. The van der Waals surface area contributed by atoms with Crippen LogP contribution >= 0.6 is 0 Å². The van der Waals surface area contributed by atoms with E-state index in [4.69, 9.17) is 23.9 Å². The maximum Gasteiger partial charge on any atom is 0.234 e. The van der Waals surface area contributed by atoms with Gasteiger partial charge in [-0.25, -0.2) is 0 Å². The van der Waals surface area contributed by atoms with E-state index in [1.54, 1.807) is 0 Å². The summed E-state index contributed by atoms with van der Waals surface area (Å²) in [7, 11) is 15.4.